The van der Waals surface area contributed by atoms with E-state index in [0.717, 1.165) is 23.0 Å². The quantitative estimate of drug-likeness (QED) is 0.0880. The fourth-order valence-electron chi connectivity index (χ4n) is 10.6. The number of pyridine rings is 1. The topological polar surface area (TPSA) is 163 Å². The van der Waals surface area contributed by atoms with Crippen LogP contribution in [0, 0.1) is 23.7 Å². The van der Waals surface area contributed by atoms with Gasteiger partial charge in [0.05, 0.1) is 47.6 Å². The summed E-state index contributed by atoms with van der Waals surface area (Å²) in [4.78, 5) is 82.5. The Morgan fingerprint density at radius 2 is 1.62 bits per heavy atom. The van der Waals surface area contributed by atoms with Crippen molar-refractivity contribution >= 4 is 46.6 Å². The fraction of sp³-hybridized carbons (Fsp3) is 0.593. The average molecular weight is 955 g/mol. The molecule has 1 aromatic heterocycles. The van der Waals surface area contributed by atoms with Crippen molar-refractivity contribution in [2.45, 2.75) is 136 Å². The third kappa shape index (κ3) is 11.9. The van der Waals surface area contributed by atoms with Gasteiger partial charge in [-0.15, -0.1) is 0 Å². The number of esters is 2. The number of aromatic nitrogens is 1. The fourth-order valence-corrected chi connectivity index (χ4v) is 10.6. The van der Waals surface area contributed by atoms with Crippen LogP contribution < -0.4 is 0 Å². The molecular weight excluding hydrogens is 881 g/mol. The minimum absolute atomic E-state index is 0.0206. The van der Waals surface area contributed by atoms with E-state index in [-0.39, 0.29) is 43.9 Å². The van der Waals surface area contributed by atoms with E-state index < -0.39 is 89.3 Å². The van der Waals surface area contributed by atoms with Gasteiger partial charge in [0.2, 0.25) is 0 Å². The molecule has 3 fully saturated rings. The summed E-state index contributed by atoms with van der Waals surface area (Å²) in [5.74, 6) is -5.97. The maximum atomic E-state index is 15.2. The Kier molecular flexibility index (Phi) is 17.6. The lowest BCUT2D eigenvalue weighted by Crippen LogP contribution is -2.61. The highest BCUT2D eigenvalue weighted by Gasteiger charge is 2.60. The number of likely N-dealkylation sites (N-methyl/N-ethyl adjacent to an activating group) is 2. The van der Waals surface area contributed by atoms with Crippen molar-refractivity contribution < 1.29 is 52.4 Å². The van der Waals surface area contributed by atoms with Crippen molar-refractivity contribution in [2.24, 2.45) is 23.7 Å². The van der Waals surface area contributed by atoms with E-state index in [0.29, 0.717) is 18.5 Å². The Morgan fingerprint density at radius 1 is 0.928 bits per heavy atom. The van der Waals surface area contributed by atoms with Crippen LogP contribution in [0.2, 0.25) is 0 Å². The van der Waals surface area contributed by atoms with Crippen LogP contribution in [-0.4, -0.2) is 151 Å². The van der Waals surface area contributed by atoms with Gasteiger partial charge in [-0.1, -0.05) is 83.2 Å². The number of ether oxygens (including phenoxy) is 6. The number of carbonyl (C=O) groups is 5. The molecule has 3 aliphatic rings. The van der Waals surface area contributed by atoms with Gasteiger partial charge in [0.25, 0.3) is 0 Å². The molecule has 6 rings (SSSR count). The SMILES string of the molecule is CC[C@H]1OC(=O)[C@H](C)C(=O)[C@H](C)[C@@H](O[C@@H]2O[C@H](C)C[C@H](N(C)C)[C@H]2OC(=O)c2ccccc2)[C@](C)(OC/C=C/c2cnc3ccccc3c2)C[C@@H](C)C(=O)[C@H](C)[C@H]2N(CCN(C)CC)C(=O)O[C@]12C. The van der Waals surface area contributed by atoms with Gasteiger partial charge in [-0.2, -0.15) is 0 Å². The van der Waals surface area contributed by atoms with Gasteiger partial charge in [0, 0.05) is 42.4 Å². The largest absolute Gasteiger partial charge is 0.458 e. The number of ketones is 2. The van der Waals surface area contributed by atoms with Crippen LogP contribution in [0.25, 0.3) is 17.0 Å². The summed E-state index contributed by atoms with van der Waals surface area (Å²) in [5, 5.41) is 0.973. The second-order valence-electron chi connectivity index (χ2n) is 20.0. The van der Waals surface area contributed by atoms with E-state index in [4.69, 9.17) is 28.4 Å². The molecule has 3 saturated heterocycles. The molecule has 0 bridgehead atoms. The van der Waals surface area contributed by atoms with Gasteiger partial charge in [-0.25, -0.2) is 9.59 Å². The number of hydrogen-bond donors (Lipinski definition) is 0. The number of para-hydroxylation sites is 1. The summed E-state index contributed by atoms with van der Waals surface area (Å²) in [6.07, 6.45) is 0.957. The molecule has 0 aliphatic carbocycles. The number of Topliss-reactive ketones (excluding diaryl/α,β-unsaturated/α-hetero) is 2. The molecule has 4 heterocycles. The Hall–Kier alpha value is -5.06. The minimum atomic E-state index is -1.45. The molecule has 3 aromatic rings. The summed E-state index contributed by atoms with van der Waals surface area (Å²) in [6.45, 7) is 17.6. The standard InChI is InChI=1S/C54H74N4O11/c1-13-43-54(9)47(58(52(63)69-54)27-26-57(12)14-2)35(5)44(59)33(3)31-53(8,64-28-20-21-38-30-40-24-18-19-25-41(40)55-32-38)48(36(6)45(60)37(7)49(61)66-43)68-51-46(42(56(10)11)29-34(4)65-51)67-50(62)39-22-16-15-17-23-39/h15-25,30,32-37,42-43,46-48,51H,13-14,26-29,31H2,1-12H3/b21-20+/t33-,34-,35+,36+,37-,42+,43-,46-,47-,48-,51+,53-,54-/m1/s1. The zero-order valence-electron chi connectivity index (χ0n) is 42.6. The number of hydrogen-bond acceptors (Lipinski definition) is 14. The average Bonchev–Trinajstić information content (AvgIpc) is 3.60. The zero-order chi connectivity index (χ0) is 50.4. The van der Waals surface area contributed by atoms with Gasteiger partial charge in [0.1, 0.15) is 17.8 Å². The van der Waals surface area contributed by atoms with Crippen LogP contribution >= 0.6 is 0 Å². The summed E-state index contributed by atoms with van der Waals surface area (Å²) in [6, 6.07) is 17.3. The third-order valence-electron chi connectivity index (χ3n) is 14.6. The van der Waals surface area contributed by atoms with Gasteiger partial charge < -0.3 is 38.2 Å². The molecule has 2 aromatic carbocycles. The Balaban J connectivity index is 1.45. The van der Waals surface area contributed by atoms with Crippen molar-refractivity contribution in [1.29, 1.82) is 0 Å². The summed E-state index contributed by atoms with van der Waals surface area (Å²) in [5.41, 5.74) is -0.834. The number of benzene rings is 2. The second-order valence-corrected chi connectivity index (χ2v) is 20.0. The zero-order valence-corrected chi connectivity index (χ0v) is 42.6. The number of amides is 1. The molecule has 0 radical (unpaired) electrons. The summed E-state index contributed by atoms with van der Waals surface area (Å²) in [7, 11) is 5.73. The van der Waals surface area contributed by atoms with Crippen LogP contribution in [-0.2, 0) is 42.8 Å². The Labute approximate surface area is 408 Å². The second kappa shape index (κ2) is 22.8. The number of nitrogens with zero attached hydrogens (tertiary/aromatic N) is 4. The van der Waals surface area contributed by atoms with Crippen LogP contribution in [0.15, 0.2) is 72.9 Å². The maximum Gasteiger partial charge on any atom is 0.410 e. The molecule has 0 saturated carbocycles. The molecule has 15 heteroatoms. The molecule has 376 valence electrons. The third-order valence-corrected chi connectivity index (χ3v) is 14.6. The van der Waals surface area contributed by atoms with Gasteiger partial charge in [0.15, 0.2) is 23.8 Å². The predicted molar refractivity (Wildman–Crippen MR) is 262 cm³/mol. The lowest BCUT2D eigenvalue weighted by Gasteiger charge is -2.48. The lowest BCUT2D eigenvalue weighted by molar-refractivity contribution is -0.296. The van der Waals surface area contributed by atoms with Crippen LogP contribution in [0.1, 0.15) is 97.5 Å². The highest BCUT2D eigenvalue weighted by molar-refractivity contribution is 6.00. The first kappa shape index (κ1) is 53.3. The van der Waals surface area contributed by atoms with Crippen molar-refractivity contribution in [3.05, 3.63) is 84.1 Å². The first-order valence-corrected chi connectivity index (χ1v) is 24.6. The van der Waals surface area contributed by atoms with Crippen molar-refractivity contribution in [3.8, 4) is 0 Å². The molecule has 15 nitrogen and oxygen atoms in total. The van der Waals surface area contributed by atoms with Crippen molar-refractivity contribution in [1.82, 2.24) is 19.7 Å². The minimum Gasteiger partial charge on any atom is -0.458 e. The van der Waals surface area contributed by atoms with Crippen LogP contribution in [0.3, 0.4) is 0 Å². The molecule has 1 amide bonds. The first-order chi connectivity index (χ1) is 32.7. The Morgan fingerprint density at radius 3 is 2.30 bits per heavy atom. The van der Waals surface area contributed by atoms with Crippen molar-refractivity contribution in [2.75, 3.05) is 47.4 Å². The lowest BCUT2D eigenvalue weighted by atomic mass is 9.73. The molecule has 3 aliphatic heterocycles. The molecule has 0 N–H and O–H groups in total. The van der Waals surface area contributed by atoms with E-state index in [1.807, 2.05) is 109 Å². The first-order valence-electron chi connectivity index (χ1n) is 24.6. The van der Waals surface area contributed by atoms with Crippen LogP contribution in [0.4, 0.5) is 4.79 Å². The van der Waals surface area contributed by atoms with Gasteiger partial charge in [-0.05, 0) is 104 Å². The molecule has 13 atom stereocenters. The highest BCUT2D eigenvalue weighted by atomic mass is 16.7. The maximum absolute atomic E-state index is 15.2. The predicted octanol–water partition coefficient (Wildman–Crippen LogP) is 7.64. The normalized spacial score (nSPS) is 32.8. The van der Waals surface area contributed by atoms with E-state index >= 15 is 4.79 Å². The van der Waals surface area contributed by atoms with E-state index in [9.17, 15) is 19.2 Å². The highest BCUT2D eigenvalue weighted by Crippen LogP contribution is 2.43. The number of cyclic esters (lactones) is 1. The number of fused-ring (bicyclic) bond motifs is 2. The van der Waals surface area contributed by atoms with Crippen LogP contribution in [0.5, 0.6) is 0 Å². The van der Waals surface area contributed by atoms with E-state index in [2.05, 4.69) is 9.88 Å². The monoisotopic (exact) mass is 955 g/mol. The molecular formula is C54H74N4O11. The summed E-state index contributed by atoms with van der Waals surface area (Å²) >= 11 is 0. The summed E-state index contributed by atoms with van der Waals surface area (Å²) < 4.78 is 39.4. The van der Waals surface area contributed by atoms with E-state index in [1.54, 1.807) is 56.1 Å². The Bertz CT molecular complexity index is 2310. The molecule has 0 unspecified atom stereocenters. The van der Waals surface area contributed by atoms with Gasteiger partial charge >= 0.3 is 18.0 Å². The smallest absolute Gasteiger partial charge is 0.410 e. The van der Waals surface area contributed by atoms with E-state index in [1.165, 1.54) is 6.92 Å². The molecule has 69 heavy (non-hydrogen) atoms. The number of rotatable bonds is 14. The van der Waals surface area contributed by atoms with Crippen molar-refractivity contribution in [3.63, 3.8) is 0 Å². The number of carbonyl (C=O) groups excluding carboxylic acids is 5. The molecule has 0 spiro atoms. The van der Waals surface area contributed by atoms with Gasteiger partial charge in [-0.3, -0.25) is 24.3 Å².